The summed E-state index contributed by atoms with van der Waals surface area (Å²) < 4.78 is 35.3. The molecule has 0 aromatic rings. The summed E-state index contributed by atoms with van der Waals surface area (Å²) in [6.07, 6.45) is -3.79. The highest BCUT2D eigenvalue weighted by Gasteiger charge is 2.27. The molecule has 0 aliphatic carbocycles. The zero-order valence-electron chi connectivity index (χ0n) is 7.90. The van der Waals surface area contributed by atoms with E-state index in [4.69, 9.17) is 5.26 Å². The number of hydrogen-bond acceptors (Lipinski definition) is 3. The van der Waals surface area contributed by atoms with E-state index in [1.807, 2.05) is 13.0 Å². The van der Waals surface area contributed by atoms with Crippen molar-refractivity contribution in [1.29, 1.82) is 5.26 Å². The number of rotatable bonds is 6. The van der Waals surface area contributed by atoms with Crippen molar-refractivity contribution >= 4 is 11.8 Å². The van der Waals surface area contributed by atoms with Gasteiger partial charge in [0.05, 0.1) is 18.7 Å². The molecule has 0 aliphatic heterocycles. The van der Waals surface area contributed by atoms with Crippen LogP contribution in [0.4, 0.5) is 13.2 Å². The fourth-order valence-corrected chi connectivity index (χ4v) is 1.49. The van der Waals surface area contributed by atoms with Crippen molar-refractivity contribution in [3.05, 3.63) is 0 Å². The van der Waals surface area contributed by atoms with Crippen molar-refractivity contribution in [1.82, 2.24) is 5.32 Å². The van der Waals surface area contributed by atoms with E-state index in [2.05, 4.69) is 5.32 Å². The van der Waals surface area contributed by atoms with Gasteiger partial charge in [-0.3, -0.25) is 5.32 Å². The predicted octanol–water partition coefficient (Wildman–Crippen LogP) is 2.17. The molecule has 0 fully saturated rings. The minimum Gasteiger partial charge on any atom is -0.294 e. The summed E-state index contributed by atoms with van der Waals surface area (Å²) >= 11 is 1.61. The van der Waals surface area contributed by atoms with Crippen LogP contribution in [0.25, 0.3) is 0 Å². The van der Waals surface area contributed by atoms with Crippen LogP contribution in [0.1, 0.15) is 13.3 Å². The molecule has 1 N–H and O–H groups in total. The third-order valence-corrected chi connectivity index (χ3v) is 2.39. The summed E-state index contributed by atoms with van der Waals surface area (Å²) in [6, 6.07) is 1.11. The van der Waals surface area contributed by atoms with Gasteiger partial charge in [0, 0.05) is 0 Å². The Morgan fingerprint density at radius 1 is 1.50 bits per heavy atom. The molecule has 1 unspecified atom stereocenters. The van der Waals surface area contributed by atoms with Gasteiger partial charge in [-0.15, -0.1) is 0 Å². The lowest BCUT2D eigenvalue weighted by molar-refractivity contribution is -0.125. The molecule has 14 heavy (non-hydrogen) atoms. The molecule has 0 aliphatic rings. The third kappa shape index (κ3) is 8.20. The van der Waals surface area contributed by atoms with Crippen molar-refractivity contribution in [3.63, 3.8) is 0 Å². The topological polar surface area (TPSA) is 35.8 Å². The van der Waals surface area contributed by atoms with Crippen molar-refractivity contribution in [2.45, 2.75) is 25.6 Å². The summed E-state index contributed by atoms with van der Waals surface area (Å²) in [4.78, 5) is 0. The number of hydrogen-bond donors (Lipinski definition) is 1. The Kier molecular flexibility index (Phi) is 6.75. The number of nitrogens with zero attached hydrogens (tertiary/aromatic N) is 1. The molecule has 0 spiro atoms. The van der Waals surface area contributed by atoms with Gasteiger partial charge in [-0.05, 0) is 17.9 Å². The Morgan fingerprint density at radius 3 is 2.57 bits per heavy atom. The van der Waals surface area contributed by atoms with Gasteiger partial charge in [-0.25, -0.2) is 0 Å². The van der Waals surface area contributed by atoms with Crippen molar-refractivity contribution < 1.29 is 13.2 Å². The molecular weight excluding hydrogens is 213 g/mol. The van der Waals surface area contributed by atoms with E-state index in [1.54, 1.807) is 11.8 Å². The maximum atomic E-state index is 11.8. The molecule has 0 saturated carbocycles. The predicted molar refractivity (Wildman–Crippen MR) is 51.1 cm³/mol. The van der Waals surface area contributed by atoms with Crippen molar-refractivity contribution in [2.75, 3.05) is 18.1 Å². The van der Waals surface area contributed by atoms with Crippen LogP contribution in [0, 0.1) is 11.3 Å². The molecular formula is C8H13F3N2S. The lowest BCUT2D eigenvalue weighted by Crippen LogP contribution is -2.36. The lowest BCUT2D eigenvalue weighted by Gasteiger charge is -2.12. The molecule has 0 heterocycles. The van der Waals surface area contributed by atoms with E-state index in [0.29, 0.717) is 12.2 Å². The van der Waals surface area contributed by atoms with E-state index in [-0.39, 0.29) is 0 Å². The third-order valence-electron chi connectivity index (χ3n) is 1.46. The Balaban J connectivity index is 3.65. The van der Waals surface area contributed by atoms with Gasteiger partial charge < -0.3 is 0 Å². The summed E-state index contributed by atoms with van der Waals surface area (Å²) in [7, 11) is 0. The molecule has 6 heteroatoms. The van der Waals surface area contributed by atoms with Crippen LogP contribution in [0.15, 0.2) is 0 Å². The Hall–Kier alpha value is -0.410. The van der Waals surface area contributed by atoms with Crippen LogP contribution in [-0.2, 0) is 0 Å². The fraction of sp³-hybridized carbons (Fsp3) is 0.875. The second-order valence-corrected chi connectivity index (χ2v) is 4.06. The van der Waals surface area contributed by atoms with Gasteiger partial charge in [0.1, 0.15) is 0 Å². The van der Waals surface area contributed by atoms with E-state index in [9.17, 15) is 13.2 Å². The minimum atomic E-state index is -4.24. The normalized spacial score (nSPS) is 13.6. The van der Waals surface area contributed by atoms with Gasteiger partial charge in [-0.1, -0.05) is 6.92 Å². The second kappa shape index (κ2) is 6.96. The molecule has 0 aromatic carbocycles. The van der Waals surface area contributed by atoms with Crippen molar-refractivity contribution in [3.8, 4) is 6.07 Å². The van der Waals surface area contributed by atoms with E-state index in [0.717, 1.165) is 5.75 Å². The molecule has 82 valence electrons. The average Bonchev–Trinajstić information content (AvgIpc) is 2.09. The van der Waals surface area contributed by atoms with E-state index in [1.165, 1.54) is 0 Å². The van der Waals surface area contributed by atoms with Crippen molar-refractivity contribution in [2.24, 2.45) is 0 Å². The van der Waals surface area contributed by atoms with E-state index < -0.39 is 18.8 Å². The first-order chi connectivity index (χ1) is 6.49. The molecule has 0 amide bonds. The molecule has 0 rings (SSSR count). The molecule has 0 saturated heterocycles. The summed E-state index contributed by atoms with van der Waals surface area (Å²) in [5.41, 5.74) is 0. The first-order valence-corrected chi connectivity index (χ1v) is 5.42. The number of nitriles is 1. The van der Waals surface area contributed by atoms with Gasteiger partial charge in [0.15, 0.2) is 0 Å². The molecule has 0 bridgehead atoms. The zero-order valence-corrected chi connectivity index (χ0v) is 8.71. The van der Waals surface area contributed by atoms with Crippen LogP contribution in [0.2, 0.25) is 0 Å². The van der Waals surface area contributed by atoms with Crippen LogP contribution in [0.5, 0.6) is 0 Å². The number of thioether (sulfide) groups is 1. The van der Waals surface area contributed by atoms with Crippen LogP contribution in [-0.4, -0.2) is 30.3 Å². The quantitative estimate of drug-likeness (QED) is 0.705. The standard InChI is InChI=1S/C8H13F3N2S/c1-2-14-4-3-7(5-12)13-6-8(9,10)11/h7,13H,2-4,6H2,1H3. The smallest absolute Gasteiger partial charge is 0.294 e. The number of halogens is 3. The highest BCUT2D eigenvalue weighted by atomic mass is 32.2. The zero-order chi connectivity index (χ0) is 11.0. The fourth-order valence-electron chi connectivity index (χ4n) is 0.797. The molecule has 0 radical (unpaired) electrons. The van der Waals surface area contributed by atoms with E-state index >= 15 is 0 Å². The lowest BCUT2D eigenvalue weighted by atomic mass is 10.2. The minimum absolute atomic E-state index is 0.449. The first-order valence-electron chi connectivity index (χ1n) is 4.27. The van der Waals surface area contributed by atoms with Gasteiger partial charge >= 0.3 is 6.18 Å². The van der Waals surface area contributed by atoms with Crippen LogP contribution in [0.3, 0.4) is 0 Å². The van der Waals surface area contributed by atoms with Crippen LogP contribution >= 0.6 is 11.8 Å². The van der Waals surface area contributed by atoms with Gasteiger partial charge in [0.25, 0.3) is 0 Å². The number of alkyl halides is 3. The summed E-state index contributed by atoms with van der Waals surface area (Å²) in [5.74, 6) is 1.62. The molecule has 2 nitrogen and oxygen atoms in total. The maximum Gasteiger partial charge on any atom is 0.401 e. The Morgan fingerprint density at radius 2 is 2.14 bits per heavy atom. The first kappa shape index (κ1) is 13.6. The largest absolute Gasteiger partial charge is 0.401 e. The highest BCUT2D eigenvalue weighted by molar-refractivity contribution is 7.99. The summed E-state index contributed by atoms with van der Waals surface area (Å²) in [6.45, 7) is 0.872. The molecule has 0 aromatic heterocycles. The highest BCUT2D eigenvalue weighted by Crippen LogP contribution is 2.13. The van der Waals surface area contributed by atoms with Crippen LogP contribution < -0.4 is 5.32 Å². The maximum absolute atomic E-state index is 11.8. The summed E-state index contributed by atoms with van der Waals surface area (Å²) in [5, 5.41) is 10.7. The SMILES string of the molecule is CCSCCC(C#N)NCC(F)(F)F. The average molecular weight is 226 g/mol. The number of nitrogens with one attached hydrogen (secondary N) is 1. The Bertz CT molecular complexity index is 188. The Labute approximate surface area is 85.9 Å². The van der Waals surface area contributed by atoms with Gasteiger partial charge in [-0.2, -0.15) is 30.2 Å². The van der Waals surface area contributed by atoms with Gasteiger partial charge in [0.2, 0.25) is 0 Å². The monoisotopic (exact) mass is 226 g/mol. The second-order valence-electron chi connectivity index (χ2n) is 2.66. The molecule has 1 atom stereocenters.